The summed E-state index contributed by atoms with van der Waals surface area (Å²) in [5, 5.41) is 0. The lowest BCUT2D eigenvalue weighted by molar-refractivity contribution is 0.217. The zero-order chi connectivity index (χ0) is 17.6. The summed E-state index contributed by atoms with van der Waals surface area (Å²) in [5.41, 5.74) is 4.33. The highest BCUT2D eigenvalue weighted by atomic mass is 16.5. The van der Waals surface area contributed by atoms with Gasteiger partial charge in [-0.2, -0.15) is 0 Å². The van der Waals surface area contributed by atoms with Crippen molar-refractivity contribution in [1.82, 2.24) is 14.9 Å². The normalized spacial score (nSPS) is 16.6. The molecule has 2 aliphatic rings. The topological polar surface area (TPSA) is 58.2 Å². The summed E-state index contributed by atoms with van der Waals surface area (Å²) >= 11 is 0. The van der Waals surface area contributed by atoms with Gasteiger partial charge in [0.15, 0.2) is 5.43 Å². The summed E-state index contributed by atoms with van der Waals surface area (Å²) in [6, 6.07) is 7.48. The SMILES string of the molecule is Cc1cc(=O)cc(C)[nH]1.c1cc2c(nc1CN1CCCCC1)OCC2. The Bertz CT molecular complexity index is 741. The lowest BCUT2D eigenvalue weighted by atomic mass is 10.1. The number of ether oxygens (including phenoxy) is 1. The third-order valence-corrected chi connectivity index (χ3v) is 4.55. The van der Waals surface area contributed by atoms with Gasteiger partial charge in [-0.1, -0.05) is 12.5 Å². The van der Waals surface area contributed by atoms with Crippen LogP contribution in [0.4, 0.5) is 0 Å². The molecule has 5 nitrogen and oxygen atoms in total. The number of rotatable bonds is 2. The van der Waals surface area contributed by atoms with Crippen LogP contribution in [0.15, 0.2) is 29.1 Å². The summed E-state index contributed by atoms with van der Waals surface area (Å²) < 4.78 is 5.50. The van der Waals surface area contributed by atoms with Crippen LogP contribution in [0.5, 0.6) is 5.88 Å². The highest BCUT2D eigenvalue weighted by Gasteiger charge is 2.16. The van der Waals surface area contributed by atoms with E-state index in [4.69, 9.17) is 4.74 Å². The maximum Gasteiger partial charge on any atom is 0.216 e. The van der Waals surface area contributed by atoms with Crippen LogP contribution in [-0.4, -0.2) is 34.6 Å². The van der Waals surface area contributed by atoms with Crippen LogP contribution in [0.2, 0.25) is 0 Å². The monoisotopic (exact) mass is 341 g/mol. The Morgan fingerprint density at radius 1 is 1.12 bits per heavy atom. The summed E-state index contributed by atoms with van der Waals surface area (Å²) in [5.74, 6) is 0.870. The van der Waals surface area contributed by atoms with Crippen molar-refractivity contribution in [3.63, 3.8) is 0 Å². The Morgan fingerprint density at radius 3 is 2.52 bits per heavy atom. The fourth-order valence-electron chi connectivity index (χ4n) is 3.37. The van der Waals surface area contributed by atoms with Crippen LogP contribution in [0, 0.1) is 13.8 Å². The number of H-pyrrole nitrogens is 1. The Kier molecular flexibility index (Phi) is 5.87. The smallest absolute Gasteiger partial charge is 0.216 e. The van der Waals surface area contributed by atoms with E-state index < -0.39 is 0 Å². The van der Waals surface area contributed by atoms with E-state index in [0.717, 1.165) is 42.5 Å². The van der Waals surface area contributed by atoms with E-state index in [2.05, 4.69) is 27.0 Å². The Morgan fingerprint density at radius 2 is 1.84 bits per heavy atom. The highest BCUT2D eigenvalue weighted by molar-refractivity contribution is 5.31. The number of piperidine rings is 1. The molecule has 1 fully saturated rings. The zero-order valence-corrected chi connectivity index (χ0v) is 15.2. The predicted octanol–water partition coefficient (Wildman–Crippen LogP) is 2.99. The lowest BCUT2D eigenvalue weighted by Gasteiger charge is -2.25. The van der Waals surface area contributed by atoms with E-state index in [9.17, 15) is 4.79 Å². The molecule has 0 bridgehead atoms. The highest BCUT2D eigenvalue weighted by Crippen LogP contribution is 2.23. The van der Waals surface area contributed by atoms with Crippen LogP contribution in [-0.2, 0) is 13.0 Å². The van der Waals surface area contributed by atoms with E-state index in [1.165, 1.54) is 37.9 Å². The van der Waals surface area contributed by atoms with E-state index in [1.807, 2.05) is 13.8 Å². The molecule has 0 atom stereocenters. The average Bonchev–Trinajstić information content (AvgIpc) is 3.03. The van der Waals surface area contributed by atoms with Gasteiger partial charge in [0.05, 0.1) is 12.3 Å². The van der Waals surface area contributed by atoms with Gasteiger partial charge in [0.2, 0.25) is 5.88 Å². The quantitative estimate of drug-likeness (QED) is 0.912. The van der Waals surface area contributed by atoms with Crippen molar-refractivity contribution < 1.29 is 4.74 Å². The molecule has 0 aromatic carbocycles. The first-order valence-electron chi connectivity index (χ1n) is 9.12. The fourth-order valence-corrected chi connectivity index (χ4v) is 3.37. The molecule has 2 aromatic rings. The van der Waals surface area contributed by atoms with Crippen LogP contribution in [0.1, 0.15) is 41.9 Å². The summed E-state index contributed by atoms with van der Waals surface area (Å²) in [7, 11) is 0. The van der Waals surface area contributed by atoms with E-state index >= 15 is 0 Å². The molecule has 0 amide bonds. The molecule has 0 saturated carbocycles. The van der Waals surface area contributed by atoms with Crippen LogP contribution < -0.4 is 10.2 Å². The van der Waals surface area contributed by atoms with Crippen LogP contribution in [0.25, 0.3) is 0 Å². The van der Waals surface area contributed by atoms with Gasteiger partial charge >= 0.3 is 0 Å². The minimum atomic E-state index is 0.0729. The van der Waals surface area contributed by atoms with Gasteiger partial charge in [-0.3, -0.25) is 9.69 Å². The molecule has 1 N–H and O–H groups in total. The zero-order valence-electron chi connectivity index (χ0n) is 15.2. The average molecular weight is 341 g/mol. The van der Waals surface area contributed by atoms with Crippen molar-refractivity contribution in [2.24, 2.45) is 0 Å². The van der Waals surface area contributed by atoms with Gasteiger partial charge in [-0.25, -0.2) is 4.98 Å². The Labute approximate surface area is 149 Å². The van der Waals surface area contributed by atoms with Gasteiger partial charge in [0, 0.05) is 42.0 Å². The first-order chi connectivity index (χ1) is 12.1. The third-order valence-electron chi connectivity index (χ3n) is 4.55. The number of nitrogens with zero attached hydrogens (tertiary/aromatic N) is 2. The minimum absolute atomic E-state index is 0.0729. The molecule has 1 saturated heterocycles. The first-order valence-corrected chi connectivity index (χ1v) is 9.12. The van der Waals surface area contributed by atoms with Crippen molar-refractivity contribution in [3.8, 4) is 5.88 Å². The third kappa shape index (κ3) is 5.16. The van der Waals surface area contributed by atoms with E-state index in [-0.39, 0.29) is 5.43 Å². The van der Waals surface area contributed by atoms with Crippen molar-refractivity contribution >= 4 is 0 Å². The van der Waals surface area contributed by atoms with Crippen molar-refractivity contribution in [2.75, 3.05) is 19.7 Å². The number of nitrogens with one attached hydrogen (secondary N) is 1. The lowest BCUT2D eigenvalue weighted by Crippen LogP contribution is -2.29. The maximum atomic E-state index is 10.7. The number of aromatic amines is 1. The molecule has 4 rings (SSSR count). The molecule has 25 heavy (non-hydrogen) atoms. The molecule has 5 heteroatoms. The van der Waals surface area contributed by atoms with Gasteiger partial charge in [0.25, 0.3) is 0 Å². The van der Waals surface area contributed by atoms with Gasteiger partial charge < -0.3 is 9.72 Å². The standard InChI is InChI=1S/C13H18N2O.C7H9NO/c1-2-7-15(8-3-1)10-12-5-4-11-6-9-16-13(11)14-12;1-5-3-7(9)4-6(2)8-5/h4-5H,1-3,6-10H2;3-4H,1-2H3,(H,8,9). The molecule has 2 aromatic heterocycles. The maximum absolute atomic E-state index is 10.7. The number of aromatic nitrogens is 2. The molecule has 0 unspecified atom stereocenters. The number of fused-ring (bicyclic) bond motifs is 1. The summed E-state index contributed by atoms with van der Waals surface area (Å²) in [4.78, 5) is 20.8. The number of likely N-dealkylation sites (tertiary alicyclic amines) is 1. The van der Waals surface area contributed by atoms with Crippen molar-refractivity contribution in [2.45, 2.75) is 46.1 Å². The number of pyridine rings is 2. The molecule has 134 valence electrons. The Hall–Kier alpha value is -2.14. The van der Waals surface area contributed by atoms with Gasteiger partial charge in [0.1, 0.15) is 0 Å². The predicted molar refractivity (Wildman–Crippen MR) is 99.1 cm³/mol. The molecule has 0 radical (unpaired) electrons. The molecule has 0 aliphatic carbocycles. The first kappa shape index (κ1) is 17.7. The Balaban J connectivity index is 0.000000173. The molecule has 4 heterocycles. The van der Waals surface area contributed by atoms with Gasteiger partial charge in [-0.05, 0) is 45.8 Å². The van der Waals surface area contributed by atoms with Crippen molar-refractivity contribution in [1.29, 1.82) is 0 Å². The second-order valence-electron chi connectivity index (χ2n) is 6.88. The molecular weight excluding hydrogens is 314 g/mol. The van der Waals surface area contributed by atoms with Crippen LogP contribution >= 0.6 is 0 Å². The second-order valence-corrected chi connectivity index (χ2v) is 6.88. The number of hydrogen-bond acceptors (Lipinski definition) is 4. The fraction of sp³-hybridized carbons (Fsp3) is 0.500. The van der Waals surface area contributed by atoms with E-state index in [1.54, 1.807) is 12.1 Å². The summed E-state index contributed by atoms with van der Waals surface area (Å²) in [6.45, 7) is 7.97. The van der Waals surface area contributed by atoms with Gasteiger partial charge in [-0.15, -0.1) is 0 Å². The molecule has 2 aliphatic heterocycles. The number of aryl methyl sites for hydroxylation is 2. The van der Waals surface area contributed by atoms with Crippen molar-refractivity contribution in [3.05, 3.63) is 57.1 Å². The molecule has 0 spiro atoms. The van der Waals surface area contributed by atoms with Crippen LogP contribution in [0.3, 0.4) is 0 Å². The van der Waals surface area contributed by atoms with E-state index in [0.29, 0.717) is 0 Å². The number of hydrogen-bond donors (Lipinski definition) is 1. The largest absolute Gasteiger partial charge is 0.477 e. The minimum Gasteiger partial charge on any atom is -0.477 e. The molecular formula is C20H27N3O2. The summed E-state index contributed by atoms with van der Waals surface area (Å²) in [6.07, 6.45) is 5.08. The second kappa shape index (κ2) is 8.30.